The number of carbonyl (C=O) groups excluding carboxylic acids is 1. The molecule has 1 aromatic carbocycles. The number of aliphatic carboxylic acids is 1. The molecule has 20 heavy (non-hydrogen) atoms. The highest BCUT2D eigenvalue weighted by Gasteiger charge is 2.19. The van der Waals surface area contributed by atoms with Crippen molar-refractivity contribution in [3.63, 3.8) is 0 Å². The summed E-state index contributed by atoms with van der Waals surface area (Å²) in [5.74, 6) is -1.69. The van der Waals surface area contributed by atoms with E-state index in [1.165, 1.54) is 18.2 Å². The van der Waals surface area contributed by atoms with E-state index in [0.717, 1.165) is 6.08 Å². The van der Waals surface area contributed by atoms with Crippen LogP contribution in [0.15, 0.2) is 24.3 Å². The van der Waals surface area contributed by atoms with Gasteiger partial charge in [0, 0.05) is 19.2 Å². The minimum atomic E-state index is -1.11. The minimum absolute atomic E-state index is 0.0431. The molecule has 1 amide bonds. The molecule has 1 heterocycles. The van der Waals surface area contributed by atoms with Crippen LogP contribution in [0.5, 0.6) is 0 Å². The number of carbonyl (C=O) groups is 2. The van der Waals surface area contributed by atoms with E-state index in [2.05, 4.69) is 0 Å². The van der Waals surface area contributed by atoms with Crippen LogP contribution in [0.4, 0.5) is 4.39 Å². The third kappa shape index (κ3) is 3.64. The molecule has 0 aromatic heterocycles. The van der Waals surface area contributed by atoms with Gasteiger partial charge in [0.05, 0.1) is 6.61 Å². The maximum Gasteiger partial charge on any atom is 0.328 e. The van der Waals surface area contributed by atoms with Crippen molar-refractivity contribution in [3.8, 4) is 0 Å². The lowest BCUT2D eigenvalue weighted by molar-refractivity contribution is -0.143. The van der Waals surface area contributed by atoms with Crippen molar-refractivity contribution in [1.29, 1.82) is 0 Å². The fraction of sp³-hybridized carbons (Fsp3) is 0.286. The Balaban J connectivity index is 2.21. The Kier molecular flexibility index (Phi) is 4.47. The summed E-state index contributed by atoms with van der Waals surface area (Å²) < 4.78 is 18.3. The number of halogens is 1. The number of ether oxygens (including phenoxy) is 1. The molecule has 6 heteroatoms. The van der Waals surface area contributed by atoms with E-state index in [-0.39, 0.29) is 12.5 Å². The van der Waals surface area contributed by atoms with Crippen LogP contribution < -0.4 is 0 Å². The summed E-state index contributed by atoms with van der Waals surface area (Å²) in [5, 5.41) is 8.64. The summed E-state index contributed by atoms with van der Waals surface area (Å²) in [6, 6.07) is 4.09. The second kappa shape index (κ2) is 6.29. The van der Waals surface area contributed by atoms with Crippen LogP contribution in [-0.4, -0.2) is 41.6 Å². The molecule has 1 aliphatic rings. The van der Waals surface area contributed by atoms with Crippen LogP contribution in [0.1, 0.15) is 11.1 Å². The second-order valence-corrected chi connectivity index (χ2v) is 4.38. The number of carboxylic acids is 1. The molecule has 1 aliphatic heterocycles. The van der Waals surface area contributed by atoms with E-state index in [1.54, 1.807) is 11.0 Å². The quantitative estimate of drug-likeness (QED) is 0.843. The molecule has 1 saturated heterocycles. The van der Waals surface area contributed by atoms with Gasteiger partial charge in [-0.05, 0) is 29.3 Å². The van der Waals surface area contributed by atoms with E-state index >= 15 is 0 Å². The first kappa shape index (κ1) is 14.2. The summed E-state index contributed by atoms with van der Waals surface area (Å²) in [4.78, 5) is 23.8. The Hall–Kier alpha value is -2.21. The topological polar surface area (TPSA) is 66.8 Å². The van der Waals surface area contributed by atoms with Crippen molar-refractivity contribution >= 4 is 18.0 Å². The van der Waals surface area contributed by atoms with E-state index < -0.39 is 11.8 Å². The summed E-state index contributed by atoms with van der Waals surface area (Å²) in [6.45, 7) is 1.29. The molecule has 0 unspecified atom stereocenters. The molecule has 1 fully saturated rings. The molecule has 0 atom stereocenters. The lowest BCUT2D eigenvalue weighted by Gasteiger charge is -2.27. The molecule has 0 radical (unpaired) electrons. The van der Waals surface area contributed by atoms with E-state index in [9.17, 15) is 14.0 Å². The highest BCUT2D eigenvalue weighted by atomic mass is 19.1. The third-order valence-electron chi connectivity index (χ3n) is 2.96. The van der Waals surface area contributed by atoms with Gasteiger partial charge in [0.15, 0.2) is 0 Å². The van der Waals surface area contributed by atoms with Crippen LogP contribution >= 0.6 is 0 Å². The van der Waals surface area contributed by atoms with Gasteiger partial charge in [-0.3, -0.25) is 4.79 Å². The molecule has 0 aliphatic carbocycles. The molecule has 0 saturated carbocycles. The first-order valence-corrected chi connectivity index (χ1v) is 6.11. The predicted molar refractivity (Wildman–Crippen MR) is 69.3 cm³/mol. The van der Waals surface area contributed by atoms with E-state index in [4.69, 9.17) is 9.84 Å². The molecule has 2 rings (SSSR count). The van der Waals surface area contributed by atoms with Gasteiger partial charge in [-0.1, -0.05) is 6.07 Å². The van der Waals surface area contributed by atoms with Crippen LogP contribution in [-0.2, 0) is 20.9 Å². The normalized spacial score (nSPS) is 15.8. The zero-order valence-electron chi connectivity index (χ0n) is 10.7. The SMILES string of the molecule is O=C(O)C=Cc1cc(F)ccc1CN1CCOCC1=O. The zero-order chi connectivity index (χ0) is 14.5. The minimum Gasteiger partial charge on any atom is -0.478 e. The summed E-state index contributed by atoms with van der Waals surface area (Å²) in [5.41, 5.74) is 1.14. The van der Waals surface area contributed by atoms with Gasteiger partial charge in [0.2, 0.25) is 5.91 Å². The highest BCUT2D eigenvalue weighted by Crippen LogP contribution is 2.16. The summed E-state index contributed by atoms with van der Waals surface area (Å²) in [7, 11) is 0. The third-order valence-corrected chi connectivity index (χ3v) is 2.96. The van der Waals surface area contributed by atoms with Crippen molar-refractivity contribution in [2.45, 2.75) is 6.54 Å². The first-order valence-electron chi connectivity index (χ1n) is 6.11. The number of hydrogen-bond acceptors (Lipinski definition) is 3. The molecule has 0 spiro atoms. The smallest absolute Gasteiger partial charge is 0.328 e. The van der Waals surface area contributed by atoms with E-state index in [1.807, 2.05) is 0 Å². The highest BCUT2D eigenvalue weighted by molar-refractivity contribution is 5.85. The average molecular weight is 279 g/mol. The fourth-order valence-electron chi connectivity index (χ4n) is 1.95. The number of hydrogen-bond donors (Lipinski definition) is 1. The van der Waals surface area contributed by atoms with Gasteiger partial charge in [-0.2, -0.15) is 0 Å². The van der Waals surface area contributed by atoms with Crippen molar-refractivity contribution in [2.24, 2.45) is 0 Å². The number of nitrogens with zero attached hydrogens (tertiary/aromatic N) is 1. The Labute approximate surface area is 115 Å². The molecular weight excluding hydrogens is 265 g/mol. The summed E-state index contributed by atoms with van der Waals surface area (Å²) in [6.07, 6.45) is 2.27. The number of amides is 1. The van der Waals surface area contributed by atoms with Gasteiger partial charge < -0.3 is 14.7 Å². The lowest BCUT2D eigenvalue weighted by atomic mass is 10.1. The molecule has 5 nitrogen and oxygen atoms in total. The number of benzene rings is 1. The van der Waals surface area contributed by atoms with Gasteiger partial charge in [-0.15, -0.1) is 0 Å². The van der Waals surface area contributed by atoms with Crippen LogP contribution in [0.25, 0.3) is 6.08 Å². The van der Waals surface area contributed by atoms with Crippen LogP contribution in [0.3, 0.4) is 0 Å². The zero-order valence-corrected chi connectivity index (χ0v) is 10.7. The van der Waals surface area contributed by atoms with Crippen LogP contribution in [0, 0.1) is 5.82 Å². The van der Waals surface area contributed by atoms with Gasteiger partial charge in [-0.25, -0.2) is 9.18 Å². The molecule has 1 N–H and O–H groups in total. The fourth-order valence-corrected chi connectivity index (χ4v) is 1.95. The van der Waals surface area contributed by atoms with Crippen molar-refractivity contribution < 1.29 is 23.8 Å². The monoisotopic (exact) mass is 279 g/mol. The maximum atomic E-state index is 13.2. The van der Waals surface area contributed by atoms with Gasteiger partial charge >= 0.3 is 5.97 Å². The van der Waals surface area contributed by atoms with E-state index in [0.29, 0.717) is 30.8 Å². The second-order valence-electron chi connectivity index (χ2n) is 4.38. The Morgan fingerprint density at radius 2 is 2.30 bits per heavy atom. The number of morpholine rings is 1. The predicted octanol–water partition coefficient (Wildman–Crippen LogP) is 1.28. The van der Waals surface area contributed by atoms with Crippen molar-refractivity contribution in [3.05, 3.63) is 41.2 Å². The van der Waals surface area contributed by atoms with Gasteiger partial charge in [0.25, 0.3) is 0 Å². The standard InChI is InChI=1S/C14H14FNO4/c15-12-3-1-11(10(7-12)2-4-14(18)19)8-16-5-6-20-9-13(16)17/h1-4,7H,5-6,8-9H2,(H,18,19). The van der Waals surface area contributed by atoms with Crippen molar-refractivity contribution in [1.82, 2.24) is 4.90 Å². The Bertz CT molecular complexity index is 556. The molecule has 1 aromatic rings. The first-order chi connectivity index (χ1) is 9.56. The number of carboxylic acid groups (broad SMARTS) is 1. The Morgan fingerprint density at radius 3 is 3.00 bits per heavy atom. The molecule has 0 bridgehead atoms. The number of rotatable bonds is 4. The maximum absolute atomic E-state index is 13.2. The summed E-state index contributed by atoms with van der Waals surface area (Å²) >= 11 is 0. The molecular formula is C14H14FNO4. The average Bonchev–Trinajstić information content (AvgIpc) is 2.41. The Morgan fingerprint density at radius 1 is 1.50 bits per heavy atom. The largest absolute Gasteiger partial charge is 0.478 e. The lowest BCUT2D eigenvalue weighted by Crippen LogP contribution is -2.41. The van der Waals surface area contributed by atoms with Crippen LogP contribution in [0.2, 0.25) is 0 Å². The van der Waals surface area contributed by atoms with Gasteiger partial charge in [0.1, 0.15) is 12.4 Å². The molecule has 106 valence electrons. The van der Waals surface area contributed by atoms with Crippen molar-refractivity contribution in [2.75, 3.05) is 19.8 Å².